The van der Waals surface area contributed by atoms with Crippen LogP contribution in [-0.2, 0) is 4.79 Å². The van der Waals surface area contributed by atoms with E-state index in [1.165, 1.54) is 19.3 Å². The topological polar surface area (TPSA) is 75.2 Å². The molecule has 6 nitrogen and oxygen atoms in total. The molecule has 0 aromatic carbocycles. The molecule has 1 saturated heterocycles. The van der Waals surface area contributed by atoms with Crippen LogP contribution < -0.4 is 5.32 Å². The second-order valence-electron chi connectivity index (χ2n) is 4.52. The summed E-state index contributed by atoms with van der Waals surface area (Å²) in [6, 6.07) is 0.00968. The first-order chi connectivity index (χ1) is 9.06. The normalized spacial score (nSPS) is 19.1. The van der Waals surface area contributed by atoms with Crippen molar-refractivity contribution >= 4 is 23.4 Å². The van der Waals surface area contributed by atoms with Gasteiger partial charge in [-0.2, -0.15) is 0 Å². The number of likely N-dealkylation sites (tertiary alicyclic amines) is 1. The number of nitrogens with zero attached hydrogens (tertiary/aromatic N) is 3. The molecule has 2 rings (SSSR count). The highest BCUT2D eigenvalue weighted by atomic mass is 35.5. The Balaban J connectivity index is 2.02. The lowest BCUT2D eigenvalue weighted by molar-refractivity contribution is -0.120. The number of hydrogen-bond donors (Lipinski definition) is 1. The average Bonchev–Trinajstić information content (AvgIpc) is 2.38. The predicted octanol–water partition coefficient (Wildman–Crippen LogP) is 0.871. The van der Waals surface area contributed by atoms with Crippen LogP contribution in [0.15, 0.2) is 12.4 Å². The molecule has 1 unspecified atom stereocenters. The molecule has 1 aromatic heterocycles. The van der Waals surface area contributed by atoms with E-state index in [2.05, 4.69) is 15.3 Å². The van der Waals surface area contributed by atoms with E-state index in [1.807, 2.05) is 0 Å². The summed E-state index contributed by atoms with van der Waals surface area (Å²) < 4.78 is 0. The van der Waals surface area contributed by atoms with E-state index in [1.54, 1.807) is 4.90 Å². The van der Waals surface area contributed by atoms with Gasteiger partial charge >= 0.3 is 0 Å². The zero-order chi connectivity index (χ0) is 13.8. The minimum atomic E-state index is -0.181. The maximum Gasteiger partial charge on any atom is 0.274 e. The van der Waals surface area contributed by atoms with Gasteiger partial charge in [-0.05, 0) is 12.8 Å². The molecular weight excluding hydrogens is 268 g/mol. The molecule has 19 heavy (non-hydrogen) atoms. The van der Waals surface area contributed by atoms with Crippen LogP contribution in [-0.4, -0.2) is 45.8 Å². The Kier molecular flexibility index (Phi) is 4.31. The highest BCUT2D eigenvalue weighted by molar-refractivity contribution is 6.29. The molecule has 1 fully saturated rings. The summed E-state index contributed by atoms with van der Waals surface area (Å²) in [5, 5.41) is 3.09. The van der Waals surface area contributed by atoms with E-state index >= 15 is 0 Å². The number of carbonyl (C=O) groups excluding carboxylic acids is 2. The van der Waals surface area contributed by atoms with Gasteiger partial charge in [-0.3, -0.25) is 9.59 Å². The molecule has 1 N–H and O–H groups in total. The van der Waals surface area contributed by atoms with Gasteiger partial charge in [0, 0.05) is 26.1 Å². The molecule has 0 radical (unpaired) electrons. The van der Waals surface area contributed by atoms with Crippen molar-refractivity contribution in [3.8, 4) is 0 Å². The summed E-state index contributed by atoms with van der Waals surface area (Å²) in [5.41, 5.74) is 0.271. The van der Waals surface area contributed by atoms with Gasteiger partial charge in [0.25, 0.3) is 5.91 Å². The van der Waals surface area contributed by atoms with Gasteiger partial charge in [0.05, 0.1) is 12.4 Å². The Morgan fingerprint density at radius 3 is 2.84 bits per heavy atom. The van der Waals surface area contributed by atoms with Crippen LogP contribution in [0.25, 0.3) is 0 Å². The third kappa shape index (κ3) is 3.64. The minimum absolute atomic E-state index is 0.00968. The number of halogens is 1. The molecule has 7 heteroatoms. The monoisotopic (exact) mass is 282 g/mol. The number of piperidine rings is 1. The fraction of sp³-hybridized carbons (Fsp3) is 0.500. The Hall–Kier alpha value is -1.69. The third-order valence-corrected chi connectivity index (χ3v) is 3.15. The minimum Gasteiger partial charge on any atom is -0.352 e. The van der Waals surface area contributed by atoms with Crippen molar-refractivity contribution in [2.45, 2.75) is 25.8 Å². The van der Waals surface area contributed by atoms with Gasteiger partial charge in [-0.15, -0.1) is 0 Å². The van der Waals surface area contributed by atoms with Crippen LogP contribution in [0.2, 0.25) is 5.15 Å². The van der Waals surface area contributed by atoms with E-state index in [4.69, 9.17) is 11.6 Å². The molecular formula is C12H15ClN4O2. The lowest BCUT2D eigenvalue weighted by Crippen LogP contribution is -2.49. The lowest BCUT2D eigenvalue weighted by atomic mass is 10.1. The fourth-order valence-corrected chi connectivity index (χ4v) is 2.25. The van der Waals surface area contributed by atoms with Gasteiger partial charge in [0.2, 0.25) is 5.91 Å². The van der Waals surface area contributed by atoms with Crippen LogP contribution in [0.5, 0.6) is 0 Å². The summed E-state index contributed by atoms with van der Waals surface area (Å²) in [4.78, 5) is 32.8. The summed E-state index contributed by atoms with van der Waals surface area (Å²) >= 11 is 5.64. The molecule has 0 spiro atoms. The van der Waals surface area contributed by atoms with Crippen LogP contribution in [0.4, 0.5) is 0 Å². The standard InChI is InChI=1S/C12H15ClN4O2/c1-8(18)16-9-3-2-4-17(7-9)12(19)10-5-15-11(13)6-14-10/h5-6,9H,2-4,7H2,1H3,(H,16,18). The molecule has 1 aliphatic rings. The Morgan fingerprint density at radius 1 is 1.42 bits per heavy atom. The van der Waals surface area contributed by atoms with Crippen molar-refractivity contribution in [3.05, 3.63) is 23.2 Å². The zero-order valence-corrected chi connectivity index (χ0v) is 11.4. The fourth-order valence-electron chi connectivity index (χ4n) is 2.15. The maximum atomic E-state index is 12.2. The first-order valence-corrected chi connectivity index (χ1v) is 6.48. The van der Waals surface area contributed by atoms with E-state index in [-0.39, 0.29) is 28.7 Å². The largest absolute Gasteiger partial charge is 0.352 e. The maximum absolute atomic E-state index is 12.2. The van der Waals surface area contributed by atoms with Gasteiger partial charge in [0.1, 0.15) is 10.8 Å². The number of hydrogen-bond acceptors (Lipinski definition) is 4. The summed E-state index contributed by atoms with van der Waals surface area (Å²) in [6.45, 7) is 2.65. The summed E-state index contributed by atoms with van der Waals surface area (Å²) in [7, 11) is 0. The van der Waals surface area contributed by atoms with Crippen molar-refractivity contribution in [3.63, 3.8) is 0 Å². The van der Waals surface area contributed by atoms with Gasteiger partial charge in [0.15, 0.2) is 0 Å². The summed E-state index contributed by atoms with van der Waals surface area (Å²) in [6.07, 6.45) is 4.46. The smallest absolute Gasteiger partial charge is 0.274 e. The molecule has 102 valence electrons. The Morgan fingerprint density at radius 2 is 2.21 bits per heavy atom. The van der Waals surface area contributed by atoms with Crippen LogP contribution >= 0.6 is 11.6 Å². The molecule has 0 bridgehead atoms. The SMILES string of the molecule is CC(=O)NC1CCCN(C(=O)c2cnc(Cl)cn2)C1. The molecule has 1 aliphatic heterocycles. The van der Waals surface area contributed by atoms with Crippen molar-refractivity contribution in [2.75, 3.05) is 13.1 Å². The van der Waals surface area contributed by atoms with E-state index < -0.39 is 0 Å². The molecule has 1 aromatic rings. The Labute approximate surface area is 116 Å². The molecule has 0 saturated carbocycles. The van der Waals surface area contributed by atoms with E-state index in [0.29, 0.717) is 13.1 Å². The third-order valence-electron chi connectivity index (χ3n) is 2.96. The first kappa shape index (κ1) is 13.7. The van der Waals surface area contributed by atoms with Gasteiger partial charge < -0.3 is 10.2 Å². The first-order valence-electron chi connectivity index (χ1n) is 6.10. The van der Waals surface area contributed by atoms with Gasteiger partial charge in [-0.25, -0.2) is 9.97 Å². The molecule has 2 heterocycles. The number of carbonyl (C=O) groups is 2. The average molecular weight is 283 g/mol. The molecule has 1 atom stereocenters. The number of rotatable bonds is 2. The van der Waals surface area contributed by atoms with Crippen LogP contribution in [0.1, 0.15) is 30.3 Å². The second kappa shape index (κ2) is 5.97. The number of nitrogens with one attached hydrogen (secondary N) is 1. The van der Waals surface area contributed by atoms with Crippen molar-refractivity contribution in [2.24, 2.45) is 0 Å². The lowest BCUT2D eigenvalue weighted by Gasteiger charge is -2.32. The van der Waals surface area contributed by atoms with E-state index in [0.717, 1.165) is 12.8 Å². The molecule has 0 aliphatic carbocycles. The predicted molar refractivity (Wildman–Crippen MR) is 69.8 cm³/mol. The van der Waals surface area contributed by atoms with Crippen molar-refractivity contribution in [1.29, 1.82) is 0 Å². The highest BCUT2D eigenvalue weighted by Gasteiger charge is 2.25. The quantitative estimate of drug-likeness (QED) is 0.873. The van der Waals surface area contributed by atoms with Crippen molar-refractivity contribution in [1.82, 2.24) is 20.2 Å². The highest BCUT2D eigenvalue weighted by Crippen LogP contribution is 2.13. The number of amides is 2. The number of aromatic nitrogens is 2. The Bertz CT molecular complexity index is 477. The van der Waals surface area contributed by atoms with Crippen LogP contribution in [0, 0.1) is 0 Å². The zero-order valence-electron chi connectivity index (χ0n) is 10.6. The van der Waals surface area contributed by atoms with Crippen LogP contribution in [0.3, 0.4) is 0 Å². The second-order valence-corrected chi connectivity index (χ2v) is 4.90. The molecule has 2 amide bonds. The summed E-state index contributed by atoms with van der Waals surface area (Å²) in [5.74, 6) is -0.259. The van der Waals surface area contributed by atoms with E-state index in [9.17, 15) is 9.59 Å². The van der Waals surface area contributed by atoms with Crippen molar-refractivity contribution < 1.29 is 9.59 Å². The van der Waals surface area contributed by atoms with Gasteiger partial charge in [-0.1, -0.05) is 11.6 Å².